The molecular formula is C16H27NO2. The maximum absolute atomic E-state index is 5.71. The van der Waals surface area contributed by atoms with Crippen molar-refractivity contribution >= 4 is 0 Å². The Morgan fingerprint density at radius 3 is 2.11 bits per heavy atom. The zero-order chi connectivity index (χ0) is 14.5. The van der Waals surface area contributed by atoms with Gasteiger partial charge in [0.2, 0.25) is 0 Å². The van der Waals surface area contributed by atoms with Crippen LogP contribution in [0.4, 0.5) is 0 Å². The second kappa shape index (κ2) is 6.92. The number of likely N-dealkylation sites (N-methyl/N-ethyl adjacent to an activating group) is 1. The largest absolute Gasteiger partial charge is 0.494 e. The summed E-state index contributed by atoms with van der Waals surface area (Å²) >= 11 is 0. The van der Waals surface area contributed by atoms with Gasteiger partial charge in [0.15, 0.2) is 0 Å². The Morgan fingerprint density at radius 1 is 1.16 bits per heavy atom. The molecule has 2 unspecified atom stereocenters. The van der Waals surface area contributed by atoms with Crippen molar-refractivity contribution in [2.24, 2.45) is 5.41 Å². The van der Waals surface area contributed by atoms with Crippen LogP contribution in [0.2, 0.25) is 0 Å². The Balaban J connectivity index is 2.95. The molecule has 19 heavy (non-hydrogen) atoms. The second-order valence-corrected chi connectivity index (χ2v) is 5.79. The van der Waals surface area contributed by atoms with Gasteiger partial charge in [0.1, 0.15) is 5.75 Å². The highest BCUT2D eigenvalue weighted by Gasteiger charge is 2.32. The number of benzene rings is 1. The van der Waals surface area contributed by atoms with E-state index < -0.39 is 0 Å². The summed E-state index contributed by atoms with van der Waals surface area (Å²) in [6.45, 7) is 9.27. The van der Waals surface area contributed by atoms with E-state index in [-0.39, 0.29) is 17.6 Å². The van der Waals surface area contributed by atoms with Crippen LogP contribution in [0.3, 0.4) is 0 Å². The first-order valence-electron chi connectivity index (χ1n) is 6.86. The van der Waals surface area contributed by atoms with E-state index in [2.05, 4.69) is 38.2 Å². The average molecular weight is 265 g/mol. The lowest BCUT2D eigenvalue weighted by molar-refractivity contribution is -0.0101. The monoisotopic (exact) mass is 265 g/mol. The fraction of sp³-hybridized carbons (Fsp3) is 0.625. The summed E-state index contributed by atoms with van der Waals surface area (Å²) in [5.74, 6) is 0.908. The third-order valence-corrected chi connectivity index (χ3v) is 3.27. The van der Waals surface area contributed by atoms with Gasteiger partial charge in [0, 0.05) is 7.11 Å². The molecule has 0 aliphatic heterocycles. The maximum atomic E-state index is 5.71. The van der Waals surface area contributed by atoms with E-state index in [0.717, 1.165) is 5.75 Å². The third-order valence-electron chi connectivity index (χ3n) is 3.27. The van der Waals surface area contributed by atoms with Crippen molar-refractivity contribution in [3.63, 3.8) is 0 Å². The number of hydrogen-bond acceptors (Lipinski definition) is 3. The quantitative estimate of drug-likeness (QED) is 0.855. The molecule has 1 N–H and O–H groups in total. The van der Waals surface area contributed by atoms with E-state index in [1.165, 1.54) is 5.56 Å². The summed E-state index contributed by atoms with van der Waals surface area (Å²) in [5.41, 5.74) is 1.29. The van der Waals surface area contributed by atoms with Crippen molar-refractivity contribution in [2.75, 3.05) is 20.8 Å². The Hall–Kier alpha value is -1.06. The lowest BCUT2D eigenvalue weighted by Crippen LogP contribution is -2.40. The van der Waals surface area contributed by atoms with E-state index in [9.17, 15) is 0 Å². The van der Waals surface area contributed by atoms with Crippen molar-refractivity contribution in [1.82, 2.24) is 5.32 Å². The standard InChI is InChI=1S/C16H27NO2/c1-7-19-13-10-8-12(9-11-13)14(17-5)15(18-6)16(2,3)4/h8-11,14-15,17H,7H2,1-6H3. The smallest absolute Gasteiger partial charge is 0.119 e. The number of ether oxygens (including phenoxy) is 2. The predicted molar refractivity (Wildman–Crippen MR) is 79.7 cm³/mol. The van der Waals surface area contributed by atoms with Gasteiger partial charge >= 0.3 is 0 Å². The SMILES string of the molecule is CCOc1ccc(C(NC)C(OC)C(C)(C)C)cc1. The first-order valence-corrected chi connectivity index (χ1v) is 6.86. The molecule has 2 atom stereocenters. The number of nitrogens with one attached hydrogen (secondary N) is 1. The Morgan fingerprint density at radius 2 is 1.74 bits per heavy atom. The van der Waals surface area contributed by atoms with Crippen LogP contribution in [0.5, 0.6) is 5.75 Å². The van der Waals surface area contributed by atoms with Gasteiger partial charge in [0.25, 0.3) is 0 Å². The Bertz CT molecular complexity index is 367. The molecule has 0 aliphatic rings. The molecule has 1 rings (SSSR count). The van der Waals surface area contributed by atoms with Gasteiger partial charge in [0.05, 0.1) is 18.8 Å². The average Bonchev–Trinajstić information content (AvgIpc) is 2.36. The molecule has 0 aliphatic carbocycles. The highest BCUT2D eigenvalue weighted by Crippen LogP contribution is 2.32. The molecule has 0 bridgehead atoms. The van der Waals surface area contributed by atoms with Gasteiger partial charge in [-0.2, -0.15) is 0 Å². The van der Waals surface area contributed by atoms with Crippen molar-refractivity contribution in [3.05, 3.63) is 29.8 Å². The van der Waals surface area contributed by atoms with Gasteiger partial charge in [-0.25, -0.2) is 0 Å². The third kappa shape index (κ3) is 4.22. The summed E-state index contributed by atoms with van der Waals surface area (Å²) in [4.78, 5) is 0. The molecule has 1 aromatic carbocycles. The van der Waals surface area contributed by atoms with E-state index >= 15 is 0 Å². The zero-order valence-electron chi connectivity index (χ0n) is 13.0. The van der Waals surface area contributed by atoms with Crippen LogP contribution < -0.4 is 10.1 Å². The van der Waals surface area contributed by atoms with Crippen LogP contribution in [-0.2, 0) is 4.74 Å². The molecule has 0 saturated heterocycles. The summed E-state index contributed by atoms with van der Waals surface area (Å²) in [7, 11) is 3.74. The van der Waals surface area contributed by atoms with Crippen LogP contribution in [0.15, 0.2) is 24.3 Å². The van der Waals surface area contributed by atoms with Crippen molar-refractivity contribution in [3.8, 4) is 5.75 Å². The zero-order valence-corrected chi connectivity index (χ0v) is 13.0. The van der Waals surface area contributed by atoms with Crippen LogP contribution in [0.1, 0.15) is 39.3 Å². The normalized spacial score (nSPS) is 15.1. The van der Waals surface area contributed by atoms with Gasteiger partial charge in [-0.1, -0.05) is 32.9 Å². The van der Waals surface area contributed by atoms with Gasteiger partial charge < -0.3 is 14.8 Å². The first kappa shape index (κ1) is 16.0. The number of methoxy groups -OCH3 is 1. The van der Waals surface area contributed by atoms with E-state index in [0.29, 0.717) is 6.61 Å². The maximum Gasteiger partial charge on any atom is 0.119 e. The van der Waals surface area contributed by atoms with Crippen molar-refractivity contribution in [1.29, 1.82) is 0 Å². The molecule has 0 aromatic heterocycles. The molecule has 3 heteroatoms. The molecule has 1 aromatic rings. The molecule has 0 amide bonds. The van der Waals surface area contributed by atoms with Crippen LogP contribution in [-0.4, -0.2) is 26.9 Å². The minimum atomic E-state index is 0.0705. The molecule has 3 nitrogen and oxygen atoms in total. The first-order chi connectivity index (χ1) is 8.93. The number of hydrogen-bond donors (Lipinski definition) is 1. The van der Waals surface area contributed by atoms with Crippen LogP contribution >= 0.6 is 0 Å². The Kier molecular flexibility index (Phi) is 5.83. The molecular weight excluding hydrogens is 238 g/mol. The van der Waals surface area contributed by atoms with Gasteiger partial charge in [-0.3, -0.25) is 0 Å². The summed E-state index contributed by atoms with van der Waals surface area (Å²) in [6.07, 6.45) is 0.107. The van der Waals surface area contributed by atoms with Gasteiger partial charge in [-0.15, -0.1) is 0 Å². The highest BCUT2D eigenvalue weighted by atomic mass is 16.5. The van der Waals surface area contributed by atoms with Crippen molar-refractivity contribution in [2.45, 2.75) is 39.8 Å². The minimum absolute atomic E-state index is 0.0705. The van der Waals surface area contributed by atoms with Crippen LogP contribution in [0, 0.1) is 5.41 Å². The summed E-state index contributed by atoms with van der Waals surface area (Å²) < 4.78 is 11.2. The molecule has 0 saturated carbocycles. The molecule has 0 radical (unpaired) electrons. The van der Waals surface area contributed by atoms with Crippen LogP contribution in [0.25, 0.3) is 0 Å². The molecule has 0 heterocycles. The van der Waals surface area contributed by atoms with E-state index in [1.807, 2.05) is 26.1 Å². The summed E-state index contributed by atoms with van der Waals surface area (Å²) in [5, 5.41) is 3.36. The minimum Gasteiger partial charge on any atom is -0.494 e. The lowest BCUT2D eigenvalue weighted by Gasteiger charge is -2.36. The summed E-state index contributed by atoms with van der Waals surface area (Å²) in [6, 6.07) is 8.39. The second-order valence-electron chi connectivity index (χ2n) is 5.79. The topological polar surface area (TPSA) is 30.5 Å². The molecule has 0 spiro atoms. The molecule has 0 fully saturated rings. The predicted octanol–water partition coefficient (Wildman–Crippen LogP) is 3.41. The lowest BCUT2D eigenvalue weighted by atomic mass is 9.82. The number of rotatable bonds is 6. The Labute approximate surface area is 117 Å². The highest BCUT2D eigenvalue weighted by molar-refractivity contribution is 5.30. The molecule has 108 valence electrons. The van der Waals surface area contributed by atoms with E-state index in [1.54, 1.807) is 7.11 Å². The fourth-order valence-corrected chi connectivity index (χ4v) is 2.42. The van der Waals surface area contributed by atoms with Crippen molar-refractivity contribution < 1.29 is 9.47 Å². The van der Waals surface area contributed by atoms with Gasteiger partial charge in [-0.05, 0) is 37.1 Å². The van der Waals surface area contributed by atoms with E-state index in [4.69, 9.17) is 9.47 Å². The fourth-order valence-electron chi connectivity index (χ4n) is 2.42.